The van der Waals surface area contributed by atoms with E-state index in [2.05, 4.69) is 20.8 Å². The second kappa shape index (κ2) is 7.60. The Hall–Kier alpha value is -2.48. The number of aromatic nitrogens is 2. The van der Waals surface area contributed by atoms with E-state index in [1.165, 1.54) is 18.2 Å². The molecule has 25 heavy (non-hydrogen) atoms. The lowest BCUT2D eigenvalue weighted by Crippen LogP contribution is -2.36. The summed E-state index contributed by atoms with van der Waals surface area (Å²) in [5, 5.41) is 18.2. The molecule has 3 N–H and O–H groups in total. The van der Waals surface area contributed by atoms with Crippen molar-refractivity contribution in [1.82, 2.24) is 15.5 Å². The average molecular weight is 348 g/mol. The van der Waals surface area contributed by atoms with E-state index in [0.717, 1.165) is 12.8 Å². The minimum Gasteiger partial charge on any atom is -0.396 e. The molecule has 0 bridgehead atoms. The van der Waals surface area contributed by atoms with Crippen molar-refractivity contribution in [1.29, 1.82) is 0 Å². The van der Waals surface area contributed by atoms with Gasteiger partial charge in [-0.1, -0.05) is 5.16 Å². The van der Waals surface area contributed by atoms with Crippen LogP contribution in [0.25, 0.3) is 11.5 Å². The molecule has 1 aliphatic rings. The molecule has 7 nitrogen and oxygen atoms in total. The van der Waals surface area contributed by atoms with Crippen molar-refractivity contribution in [3.63, 3.8) is 0 Å². The van der Waals surface area contributed by atoms with Crippen molar-refractivity contribution in [3.8, 4) is 11.5 Å². The monoisotopic (exact) mass is 348 g/mol. The van der Waals surface area contributed by atoms with Gasteiger partial charge < -0.3 is 20.3 Å². The van der Waals surface area contributed by atoms with Gasteiger partial charge in [-0.3, -0.25) is 0 Å². The van der Waals surface area contributed by atoms with E-state index in [1.807, 2.05) is 6.92 Å². The number of benzene rings is 1. The summed E-state index contributed by atoms with van der Waals surface area (Å²) < 4.78 is 18.9. The normalized spacial score (nSPS) is 15.0. The molecule has 0 aliphatic heterocycles. The van der Waals surface area contributed by atoms with Crippen LogP contribution in [0.5, 0.6) is 0 Å². The second-order valence-corrected chi connectivity index (χ2v) is 6.29. The number of halogens is 1. The Morgan fingerprint density at radius 2 is 2.28 bits per heavy atom. The smallest absolute Gasteiger partial charge is 0.319 e. The summed E-state index contributed by atoms with van der Waals surface area (Å²) >= 11 is 0. The molecule has 1 heterocycles. The van der Waals surface area contributed by atoms with Gasteiger partial charge in [0, 0.05) is 18.6 Å². The lowest BCUT2D eigenvalue weighted by atomic mass is 10.1. The quantitative estimate of drug-likeness (QED) is 0.714. The van der Waals surface area contributed by atoms with Gasteiger partial charge in [0.05, 0.1) is 11.3 Å². The molecule has 1 aliphatic carbocycles. The fourth-order valence-corrected chi connectivity index (χ4v) is 2.51. The van der Waals surface area contributed by atoms with Gasteiger partial charge in [-0.15, -0.1) is 0 Å². The Morgan fingerprint density at radius 1 is 1.48 bits per heavy atom. The van der Waals surface area contributed by atoms with Crippen molar-refractivity contribution in [3.05, 3.63) is 29.8 Å². The van der Waals surface area contributed by atoms with Gasteiger partial charge in [0.15, 0.2) is 5.82 Å². The molecule has 0 radical (unpaired) electrons. The zero-order chi connectivity index (χ0) is 17.8. The van der Waals surface area contributed by atoms with Crippen LogP contribution in [0, 0.1) is 5.82 Å². The molecular formula is C17H21FN4O3. The van der Waals surface area contributed by atoms with Crippen LogP contribution in [0.4, 0.5) is 14.9 Å². The lowest BCUT2D eigenvalue weighted by Gasteiger charge is -2.15. The van der Waals surface area contributed by atoms with Crippen LogP contribution in [-0.2, 0) is 0 Å². The zero-order valence-electron chi connectivity index (χ0n) is 14.0. The predicted octanol–water partition coefficient (Wildman–Crippen LogP) is 3.04. The average Bonchev–Trinajstić information content (AvgIpc) is 3.32. The maximum Gasteiger partial charge on any atom is 0.319 e. The van der Waals surface area contributed by atoms with E-state index in [-0.39, 0.29) is 18.5 Å². The first kappa shape index (κ1) is 17.3. The molecule has 2 aromatic rings. The van der Waals surface area contributed by atoms with Crippen molar-refractivity contribution in [2.45, 2.75) is 44.6 Å². The first-order valence-electron chi connectivity index (χ1n) is 8.38. The number of amides is 2. The summed E-state index contributed by atoms with van der Waals surface area (Å²) in [6, 6.07) is 3.46. The number of hydrogen-bond donors (Lipinski definition) is 3. The Labute approximate surface area is 144 Å². The summed E-state index contributed by atoms with van der Waals surface area (Å²) in [4.78, 5) is 16.4. The van der Waals surface area contributed by atoms with Crippen molar-refractivity contribution in [2.24, 2.45) is 0 Å². The third kappa shape index (κ3) is 4.54. The fourth-order valence-electron chi connectivity index (χ4n) is 2.51. The number of rotatable bonds is 7. The van der Waals surface area contributed by atoms with Gasteiger partial charge in [0.2, 0.25) is 0 Å². The summed E-state index contributed by atoms with van der Waals surface area (Å²) in [6.07, 6.45) is 3.33. The van der Waals surface area contributed by atoms with Crippen LogP contribution in [0.15, 0.2) is 22.7 Å². The van der Waals surface area contributed by atoms with Crippen LogP contribution in [0.3, 0.4) is 0 Å². The largest absolute Gasteiger partial charge is 0.396 e. The molecule has 1 atom stereocenters. The molecular weight excluding hydrogens is 327 g/mol. The SMILES string of the molecule is CC(CCCO)NC(=O)Nc1ccc(F)cc1-c1nc(C2CC2)no1. The number of aliphatic hydroxyl groups excluding tert-OH is 1. The molecule has 8 heteroatoms. The number of urea groups is 1. The third-order valence-corrected chi connectivity index (χ3v) is 4.02. The Balaban J connectivity index is 1.73. The number of aliphatic hydroxyl groups is 1. The Morgan fingerprint density at radius 3 is 3.00 bits per heavy atom. The first-order chi connectivity index (χ1) is 12.1. The summed E-state index contributed by atoms with van der Waals surface area (Å²) in [6.45, 7) is 1.93. The molecule has 1 aromatic heterocycles. The van der Waals surface area contributed by atoms with Gasteiger partial charge in [0.1, 0.15) is 5.82 Å². The van der Waals surface area contributed by atoms with E-state index >= 15 is 0 Å². The number of nitrogens with one attached hydrogen (secondary N) is 2. The molecule has 0 saturated heterocycles. The molecule has 3 rings (SSSR count). The van der Waals surface area contributed by atoms with Crippen LogP contribution < -0.4 is 10.6 Å². The molecule has 0 spiro atoms. The number of anilines is 1. The maximum atomic E-state index is 13.7. The molecule has 1 unspecified atom stereocenters. The van der Waals surface area contributed by atoms with Crippen molar-refractivity contribution < 1.29 is 18.8 Å². The third-order valence-electron chi connectivity index (χ3n) is 4.02. The van der Waals surface area contributed by atoms with Crippen LogP contribution >= 0.6 is 0 Å². The van der Waals surface area contributed by atoms with Gasteiger partial charge in [0.25, 0.3) is 5.89 Å². The lowest BCUT2D eigenvalue weighted by molar-refractivity contribution is 0.245. The minimum absolute atomic E-state index is 0.0796. The highest BCUT2D eigenvalue weighted by Crippen LogP contribution is 2.39. The summed E-state index contributed by atoms with van der Waals surface area (Å²) in [7, 11) is 0. The summed E-state index contributed by atoms with van der Waals surface area (Å²) in [5.41, 5.74) is 0.733. The van der Waals surface area contributed by atoms with Gasteiger partial charge >= 0.3 is 6.03 Å². The second-order valence-electron chi connectivity index (χ2n) is 6.29. The number of carbonyl (C=O) groups is 1. The molecule has 1 saturated carbocycles. The zero-order valence-corrected chi connectivity index (χ0v) is 14.0. The topological polar surface area (TPSA) is 100 Å². The molecule has 1 fully saturated rings. The van der Waals surface area contributed by atoms with E-state index in [1.54, 1.807) is 0 Å². The van der Waals surface area contributed by atoms with Crippen LogP contribution in [0.1, 0.15) is 44.3 Å². The van der Waals surface area contributed by atoms with Gasteiger partial charge in [-0.2, -0.15) is 4.98 Å². The predicted molar refractivity (Wildman–Crippen MR) is 89.6 cm³/mol. The number of hydrogen-bond acceptors (Lipinski definition) is 5. The standard InChI is InChI=1S/C17H21FN4O3/c1-10(3-2-8-23)19-17(24)20-14-7-6-12(18)9-13(14)16-21-15(22-25-16)11-4-5-11/h6-7,9-11,23H,2-5,8H2,1H3,(H2,19,20,24). The highest BCUT2D eigenvalue weighted by molar-refractivity contribution is 5.93. The van der Waals surface area contributed by atoms with Crippen LogP contribution in [-0.4, -0.2) is 33.9 Å². The first-order valence-corrected chi connectivity index (χ1v) is 8.38. The minimum atomic E-state index is -0.455. The Bertz CT molecular complexity index is 745. The van der Waals surface area contributed by atoms with Gasteiger partial charge in [-0.05, 0) is 50.8 Å². The summed E-state index contributed by atoms with van der Waals surface area (Å²) in [5.74, 6) is 0.666. The van der Waals surface area contributed by atoms with Crippen molar-refractivity contribution >= 4 is 11.7 Å². The van der Waals surface area contributed by atoms with Crippen molar-refractivity contribution in [2.75, 3.05) is 11.9 Å². The van der Waals surface area contributed by atoms with E-state index in [0.29, 0.717) is 35.8 Å². The fraction of sp³-hybridized carbons (Fsp3) is 0.471. The van der Waals surface area contributed by atoms with Crippen LogP contribution in [0.2, 0.25) is 0 Å². The van der Waals surface area contributed by atoms with E-state index in [9.17, 15) is 9.18 Å². The van der Waals surface area contributed by atoms with E-state index < -0.39 is 11.8 Å². The molecule has 2 amide bonds. The number of nitrogens with zero attached hydrogens (tertiary/aromatic N) is 2. The molecule has 1 aromatic carbocycles. The highest BCUT2D eigenvalue weighted by atomic mass is 19.1. The van der Waals surface area contributed by atoms with Gasteiger partial charge in [-0.25, -0.2) is 9.18 Å². The highest BCUT2D eigenvalue weighted by Gasteiger charge is 2.29. The van der Waals surface area contributed by atoms with E-state index in [4.69, 9.17) is 9.63 Å². The number of carbonyl (C=O) groups excluding carboxylic acids is 1. The maximum absolute atomic E-state index is 13.7. The Kier molecular flexibility index (Phi) is 5.28. The molecule has 134 valence electrons.